The lowest BCUT2D eigenvalue weighted by Gasteiger charge is -2.11. The number of aryl methyl sites for hydroxylation is 1. The number of hydrogen-bond donors (Lipinski definition) is 2. The van der Waals surface area contributed by atoms with E-state index in [0.717, 1.165) is 29.8 Å². The molecule has 1 atom stereocenters. The van der Waals surface area contributed by atoms with Crippen molar-refractivity contribution >= 4 is 23.0 Å². The number of nitrogens with one attached hydrogen (secondary N) is 2. The highest BCUT2D eigenvalue weighted by molar-refractivity contribution is 6.32. The normalized spacial score (nSPS) is 16.6. The van der Waals surface area contributed by atoms with Crippen LogP contribution < -0.4 is 10.6 Å². The quantitative estimate of drug-likeness (QED) is 0.611. The molecule has 0 saturated heterocycles. The van der Waals surface area contributed by atoms with Gasteiger partial charge in [-0.2, -0.15) is 0 Å². The van der Waals surface area contributed by atoms with Gasteiger partial charge in [-0.15, -0.1) is 0 Å². The largest absolute Gasteiger partial charge is 0.374 e. The summed E-state index contributed by atoms with van der Waals surface area (Å²) in [6, 6.07) is 15.5. The molecule has 3 nitrogen and oxygen atoms in total. The molecule has 1 unspecified atom stereocenters. The smallest absolute Gasteiger partial charge is 0.193 e. The molecular formula is C23H27ClN2O. The van der Waals surface area contributed by atoms with E-state index in [4.69, 9.17) is 11.6 Å². The minimum atomic E-state index is -0.365. The molecule has 1 aliphatic rings. The van der Waals surface area contributed by atoms with Crippen LogP contribution in [0, 0.1) is 0 Å². The van der Waals surface area contributed by atoms with Crippen LogP contribution in [0.3, 0.4) is 0 Å². The molecule has 27 heavy (non-hydrogen) atoms. The summed E-state index contributed by atoms with van der Waals surface area (Å²) < 4.78 is 0. The zero-order valence-electron chi connectivity index (χ0n) is 16.0. The number of ketones is 1. The number of rotatable bonds is 8. The second kappa shape index (κ2) is 9.09. The number of Topliss-reactive ketones (excluding diaryl/α,β-unsaturated/α-hetero) is 1. The third kappa shape index (κ3) is 4.54. The molecule has 0 spiro atoms. The molecule has 0 amide bonds. The maximum Gasteiger partial charge on any atom is 0.193 e. The maximum atomic E-state index is 13.2. The van der Waals surface area contributed by atoms with Crippen molar-refractivity contribution in [2.24, 2.45) is 0 Å². The maximum absolute atomic E-state index is 13.2. The minimum absolute atomic E-state index is 0.0738. The third-order valence-corrected chi connectivity index (χ3v) is 5.21. The van der Waals surface area contributed by atoms with Gasteiger partial charge >= 0.3 is 0 Å². The molecule has 0 fully saturated rings. The summed E-state index contributed by atoms with van der Waals surface area (Å²) >= 11 is 6.39. The average molecular weight is 383 g/mol. The summed E-state index contributed by atoms with van der Waals surface area (Å²) in [5.74, 6) is 0.831. The molecule has 2 aromatic rings. The molecule has 1 heterocycles. The lowest BCUT2D eigenvalue weighted by atomic mass is 9.94. The topological polar surface area (TPSA) is 41.1 Å². The molecule has 0 bridgehead atoms. The molecule has 142 valence electrons. The predicted molar refractivity (Wildman–Crippen MR) is 113 cm³/mol. The van der Waals surface area contributed by atoms with Crippen molar-refractivity contribution in [1.29, 1.82) is 0 Å². The first-order chi connectivity index (χ1) is 13.1. The van der Waals surface area contributed by atoms with Crippen molar-refractivity contribution in [1.82, 2.24) is 10.6 Å². The van der Waals surface area contributed by atoms with Crippen LogP contribution in [-0.4, -0.2) is 12.8 Å². The van der Waals surface area contributed by atoms with Gasteiger partial charge in [-0.25, -0.2) is 0 Å². The van der Waals surface area contributed by atoms with Crippen molar-refractivity contribution in [3.63, 3.8) is 0 Å². The Morgan fingerprint density at radius 2 is 1.85 bits per heavy atom. The van der Waals surface area contributed by atoms with Crippen LogP contribution in [0.1, 0.15) is 55.3 Å². The van der Waals surface area contributed by atoms with Crippen LogP contribution in [0.5, 0.6) is 0 Å². The Kier molecular flexibility index (Phi) is 6.57. The Morgan fingerprint density at radius 1 is 1.07 bits per heavy atom. The summed E-state index contributed by atoms with van der Waals surface area (Å²) in [5.41, 5.74) is 3.72. The van der Waals surface area contributed by atoms with Crippen LogP contribution in [0.25, 0.3) is 5.57 Å². The molecule has 0 saturated carbocycles. The number of hydrogen-bond acceptors (Lipinski definition) is 3. The molecule has 0 aliphatic carbocycles. The second-order valence-electron chi connectivity index (χ2n) is 7.01. The van der Waals surface area contributed by atoms with Crippen molar-refractivity contribution in [2.75, 3.05) is 7.05 Å². The van der Waals surface area contributed by atoms with E-state index in [1.54, 1.807) is 0 Å². The van der Waals surface area contributed by atoms with Gasteiger partial charge in [-0.1, -0.05) is 74.2 Å². The fourth-order valence-corrected chi connectivity index (χ4v) is 3.87. The minimum Gasteiger partial charge on any atom is -0.374 e. The fourth-order valence-electron chi connectivity index (χ4n) is 3.61. The Labute approximate surface area is 166 Å². The summed E-state index contributed by atoms with van der Waals surface area (Å²) in [4.78, 5) is 13.2. The molecule has 2 aromatic carbocycles. The van der Waals surface area contributed by atoms with Crippen molar-refractivity contribution in [3.05, 3.63) is 76.1 Å². The molecule has 0 aromatic heterocycles. The van der Waals surface area contributed by atoms with Gasteiger partial charge in [0.15, 0.2) is 5.78 Å². The SMILES string of the molecule is CCCCCCc1cc(Cl)cc(C2=C(NC)NC(c3ccccc3)C2=O)c1. The second-order valence-corrected chi connectivity index (χ2v) is 7.45. The highest BCUT2D eigenvalue weighted by Crippen LogP contribution is 2.33. The molecular weight excluding hydrogens is 356 g/mol. The zero-order valence-corrected chi connectivity index (χ0v) is 16.8. The summed E-state index contributed by atoms with van der Waals surface area (Å²) in [5, 5.41) is 7.15. The molecule has 2 N–H and O–H groups in total. The number of unbranched alkanes of at least 4 members (excludes halogenated alkanes) is 3. The fraction of sp³-hybridized carbons (Fsp3) is 0.348. The Morgan fingerprint density at radius 3 is 2.56 bits per heavy atom. The van der Waals surface area contributed by atoms with Crippen LogP contribution in [0.2, 0.25) is 5.02 Å². The van der Waals surface area contributed by atoms with Gasteiger partial charge in [0, 0.05) is 12.1 Å². The van der Waals surface area contributed by atoms with E-state index in [-0.39, 0.29) is 11.8 Å². The van der Waals surface area contributed by atoms with E-state index in [1.807, 2.05) is 49.5 Å². The Balaban J connectivity index is 1.87. The Bertz CT molecular complexity index is 830. The van der Waals surface area contributed by atoms with Gasteiger partial charge in [-0.05, 0) is 41.7 Å². The first-order valence-electron chi connectivity index (χ1n) is 9.71. The van der Waals surface area contributed by atoms with Crippen molar-refractivity contribution in [2.45, 2.75) is 45.1 Å². The lowest BCUT2D eigenvalue weighted by Crippen LogP contribution is -2.24. The van der Waals surface area contributed by atoms with Crippen LogP contribution in [0.15, 0.2) is 54.4 Å². The van der Waals surface area contributed by atoms with Crippen LogP contribution in [-0.2, 0) is 11.2 Å². The van der Waals surface area contributed by atoms with E-state index in [0.29, 0.717) is 10.6 Å². The van der Waals surface area contributed by atoms with Crippen LogP contribution in [0.4, 0.5) is 0 Å². The first kappa shape index (κ1) is 19.5. The molecule has 4 heteroatoms. The monoisotopic (exact) mass is 382 g/mol. The van der Waals surface area contributed by atoms with E-state index in [9.17, 15) is 4.79 Å². The number of benzene rings is 2. The van der Waals surface area contributed by atoms with Gasteiger partial charge in [0.25, 0.3) is 0 Å². The van der Waals surface area contributed by atoms with E-state index < -0.39 is 0 Å². The summed E-state index contributed by atoms with van der Waals surface area (Å²) in [6.07, 6.45) is 5.83. The van der Waals surface area contributed by atoms with E-state index in [1.165, 1.54) is 24.8 Å². The first-order valence-corrected chi connectivity index (χ1v) is 10.1. The van der Waals surface area contributed by atoms with Gasteiger partial charge in [-0.3, -0.25) is 4.79 Å². The molecule has 1 aliphatic heterocycles. The number of carbonyl (C=O) groups excluding carboxylic acids is 1. The van der Waals surface area contributed by atoms with E-state index in [2.05, 4.69) is 23.6 Å². The molecule has 3 rings (SSSR count). The van der Waals surface area contributed by atoms with Gasteiger partial charge in [0.2, 0.25) is 0 Å². The van der Waals surface area contributed by atoms with E-state index >= 15 is 0 Å². The molecule has 0 radical (unpaired) electrons. The highest BCUT2D eigenvalue weighted by Gasteiger charge is 2.34. The standard InChI is InChI=1S/C23H27ClN2O/c1-3-4-5-7-10-16-13-18(15-19(24)14-16)20-22(27)21(26-23(20)25-2)17-11-8-6-9-12-17/h6,8-9,11-15,21,25-26H,3-5,7,10H2,1-2H3. The summed E-state index contributed by atoms with van der Waals surface area (Å²) in [7, 11) is 1.83. The Hall–Kier alpha value is -2.26. The highest BCUT2D eigenvalue weighted by atomic mass is 35.5. The van der Waals surface area contributed by atoms with Gasteiger partial charge < -0.3 is 10.6 Å². The predicted octanol–water partition coefficient (Wildman–Crippen LogP) is 5.26. The zero-order chi connectivity index (χ0) is 19.2. The number of halogens is 1. The number of carbonyl (C=O) groups is 1. The lowest BCUT2D eigenvalue weighted by molar-refractivity contribution is -0.114. The van der Waals surface area contributed by atoms with Gasteiger partial charge in [0.05, 0.1) is 5.57 Å². The van der Waals surface area contributed by atoms with Crippen molar-refractivity contribution in [3.8, 4) is 0 Å². The third-order valence-electron chi connectivity index (χ3n) is 5.00. The average Bonchev–Trinajstić information content (AvgIpc) is 3.02. The van der Waals surface area contributed by atoms with Gasteiger partial charge in [0.1, 0.15) is 11.9 Å². The van der Waals surface area contributed by atoms with Crippen molar-refractivity contribution < 1.29 is 4.79 Å². The van der Waals surface area contributed by atoms with Crippen LogP contribution >= 0.6 is 11.6 Å². The summed E-state index contributed by atoms with van der Waals surface area (Å²) in [6.45, 7) is 2.21.